The Morgan fingerprint density at radius 3 is 1.16 bits per heavy atom. The second-order valence-electron chi connectivity index (χ2n) is 32.2. The number of pyridine rings is 5. The molecule has 13 heterocycles. The maximum atomic E-state index is 13.6. The zero-order valence-electron chi connectivity index (χ0n) is 70.5. The number of fused-ring (bicyclic) bond motifs is 4. The first-order valence-electron chi connectivity index (χ1n) is 42.1. The lowest BCUT2D eigenvalue weighted by Gasteiger charge is -2.27. The Bertz CT molecular complexity index is 5950. The molecule has 16 rings (SSSR count). The van der Waals surface area contributed by atoms with Crippen molar-refractivity contribution >= 4 is 95.9 Å². The first-order chi connectivity index (χ1) is 58.6. The summed E-state index contributed by atoms with van der Waals surface area (Å²) in [4.78, 5) is 111. The van der Waals surface area contributed by atoms with Crippen LogP contribution in [0, 0.1) is 67.8 Å². The molecular formula is C97H104FN17O6. The van der Waals surface area contributed by atoms with E-state index in [1.807, 2.05) is 141 Å². The second-order valence-corrected chi connectivity index (χ2v) is 32.2. The normalized spacial score (nSPS) is 15.1. The minimum absolute atomic E-state index is 0.0117. The Balaban J connectivity index is 0.000000140. The number of likely N-dealkylation sites (tertiary alicyclic amines) is 4. The van der Waals surface area contributed by atoms with Gasteiger partial charge < -0.3 is 27.9 Å². The van der Waals surface area contributed by atoms with Crippen LogP contribution < -0.4 is 0 Å². The molecule has 0 saturated carbocycles. The number of carbonyl (C=O) groups is 5. The predicted octanol–water partition coefficient (Wildman–Crippen LogP) is 19.5. The third-order valence-electron chi connectivity index (χ3n) is 23.6. The number of ether oxygens (including phenoxy) is 1. The fourth-order valence-electron chi connectivity index (χ4n) is 17.2. The van der Waals surface area contributed by atoms with Crippen LogP contribution in [-0.2, 0) is 16.0 Å². The van der Waals surface area contributed by atoms with Crippen LogP contribution in [0.1, 0.15) is 178 Å². The summed E-state index contributed by atoms with van der Waals surface area (Å²) in [5, 5.41) is 0. The number of carbonyl (C=O) groups excluding carboxylic acids is 5. The number of hydrogen-bond donors (Lipinski definition) is 0. The number of Topliss-reactive ketones (excluding diaryl/α,β-unsaturated/α-hetero) is 5. The number of halogens is 1. The Hall–Kier alpha value is -12.4. The molecule has 0 amide bonds. The van der Waals surface area contributed by atoms with Gasteiger partial charge in [-0.05, 0) is 247 Å². The van der Waals surface area contributed by atoms with Crippen LogP contribution in [0.25, 0.3) is 86.3 Å². The third kappa shape index (κ3) is 20.2. The molecule has 0 aliphatic carbocycles. The van der Waals surface area contributed by atoms with E-state index in [9.17, 15) is 28.4 Å². The Kier molecular flexibility index (Phi) is 28.7. The third-order valence-corrected chi connectivity index (χ3v) is 23.6. The van der Waals surface area contributed by atoms with Crippen LogP contribution in [0.4, 0.5) is 27.3 Å². The quantitative estimate of drug-likeness (QED) is 0.0431. The molecule has 23 nitrogen and oxygen atoms in total. The molecule has 0 bridgehead atoms. The molecule has 620 valence electrons. The highest BCUT2D eigenvalue weighted by Gasteiger charge is 2.31. The molecule has 4 aliphatic heterocycles. The van der Waals surface area contributed by atoms with Crippen LogP contribution in [-0.4, -0.2) is 190 Å². The Morgan fingerprint density at radius 1 is 0.421 bits per heavy atom. The van der Waals surface area contributed by atoms with E-state index in [0.29, 0.717) is 115 Å². The van der Waals surface area contributed by atoms with Crippen molar-refractivity contribution < 1.29 is 33.1 Å². The average Bonchev–Trinajstić information content (AvgIpc) is 1.57. The minimum atomic E-state index is -0.756. The summed E-state index contributed by atoms with van der Waals surface area (Å²) < 4.78 is 26.9. The van der Waals surface area contributed by atoms with Gasteiger partial charge in [-0.15, -0.1) is 4.98 Å². The summed E-state index contributed by atoms with van der Waals surface area (Å²) >= 11 is 0. The number of hydrogen-bond acceptors (Lipinski definition) is 15. The molecule has 1 unspecified atom stereocenters. The van der Waals surface area contributed by atoms with Gasteiger partial charge in [-0.2, -0.15) is 0 Å². The van der Waals surface area contributed by atoms with Crippen molar-refractivity contribution in [2.75, 3.05) is 85.6 Å². The Labute approximate surface area is 707 Å². The number of piperidine rings is 4. The molecule has 0 radical (unpaired) electrons. The lowest BCUT2D eigenvalue weighted by Crippen LogP contribution is -2.38. The molecule has 1 atom stereocenters. The SMILES string of the molecule is [C-]#[N+]c1ccc(-n2c(C)c(C(=O)CN3CCC(F)CC3)c3ncc(C)cc32)cc1.[C-]#[N+]c1ccc(-n2c(C)c(C(=O)CN3CCCCC3)c3ncc(C)cc32)cc1.[C-]#[N+]c1ccc(-n2c(C)c(C(=O)CN3CCCCC3)c3ncc(CCC(=O)CCC(C)OC)cc32)cc1.[C-]#[N+]c1ccc(-n2c(C)c(C(=O)CN3CCCCC3)c3ncccc32)cn1. The second kappa shape index (κ2) is 40.1. The fraction of sp³-hybridized carbons (Fsp3) is 0.381. The number of alkyl halides is 1. The van der Waals surface area contributed by atoms with Crippen molar-refractivity contribution in [3.05, 3.63) is 254 Å². The zero-order chi connectivity index (χ0) is 85.4. The van der Waals surface area contributed by atoms with E-state index in [1.165, 1.54) is 32.1 Å². The number of ketones is 5. The number of aryl methyl sites for hydroxylation is 3. The smallest absolute Gasteiger partial charge is 0.269 e. The predicted molar refractivity (Wildman–Crippen MR) is 473 cm³/mol. The summed E-state index contributed by atoms with van der Waals surface area (Å²) in [6.45, 7) is 51.1. The zero-order valence-corrected chi connectivity index (χ0v) is 70.5. The molecule has 9 aromatic heterocycles. The molecule has 0 spiro atoms. The van der Waals surface area contributed by atoms with Gasteiger partial charge >= 0.3 is 0 Å². The highest BCUT2D eigenvalue weighted by Crippen LogP contribution is 2.36. The average molecular weight is 1620 g/mol. The van der Waals surface area contributed by atoms with Crippen LogP contribution >= 0.6 is 0 Å². The molecular weight excluding hydrogens is 1520 g/mol. The lowest BCUT2D eigenvalue weighted by atomic mass is 10.0. The molecule has 4 aliphatic rings. The van der Waals surface area contributed by atoms with Crippen LogP contribution in [0.5, 0.6) is 0 Å². The summed E-state index contributed by atoms with van der Waals surface area (Å²) in [5.41, 5.74) is 20.9. The highest BCUT2D eigenvalue weighted by atomic mass is 19.1. The molecule has 4 saturated heterocycles. The van der Waals surface area contributed by atoms with Gasteiger partial charge in [0.05, 0.1) is 124 Å². The first kappa shape index (κ1) is 86.5. The standard InChI is InChI=1S/C30H36N4O3.C23H23FN4O.C23H24N4O.C21H21N5O/c1-21(37-4)8-14-26(35)15-9-23-18-27-30(32-19-23)29(28(36)20-33-16-6-5-7-17-33)22(2)34(27)25-12-10-24(31-3)11-13-25;1-15-12-20-23(26-13-15)22(21(29)14-27-10-8-17(24)9-11-27)16(2)28(20)19-6-4-18(25-3)5-7-19;1-16-13-20-23(25-14-16)22(21(28)15-26-11-5-4-6-12-26)17(2)27(20)19-9-7-18(24-3)8-10-19;1-15-20(18(27)14-25-11-4-3-5-12-25)21-17(7-6-10-23-21)26(15)16-8-9-19(22-2)24-13-16/h10-13,18-19,21H,5-9,14-17,20H2,1-2,4H3;4-7,12-13,17H,8-11,14H2,1-2H3;7-10,13-14H,4-6,11-12,15H2,1-2H3;6-10,13H,3-5,11-12,14H2,1H3. The topological polar surface area (TPSA) is 209 Å². The van der Waals surface area contributed by atoms with Gasteiger partial charge in [0.25, 0.3) is 5.82 Å². The number of benzene rings is 3. The van der Waals surface area contributed by atoms with E-state index in [-0.39, 0.29) is 41.6 Å². The van der Waals surface area contributed by atoms with Gasteiger partial charge in [0, 0.05) is 97.7 Å². The van der Waals surface area contributed by atoms with E-state index >= 15 is 0 Å². The van der Waals surface area contributed by atoms with Crippen molar-refractivity contribution in [3.63, 3.8) is 0 Å². The molecule has 12 aromatic rings. The van der Waals surface area contributed by atoms with Crippen molar-refractivity contribution in [3.8, 4) is 22.7 Å². The number of aromatic nitrogens is 9. The maximum absolute atomic E-state index is 13.6. The Morgan fingerprint density at radius 2 is 0.785 bits per heavy atom. The van der Waals surface area contributed by atoms with E-state index < -0.39 is 6.17 Å². The number of rotatable bonds is 23. The van der Waals surface area contributed by atoms with E-state index in [0.717, 1.165) is 172 Å². The van der Waals surface area contributed by atoms with Crippen LogP contribution in [0.2, 0.25) is 0 Å². The molecule has 4 fully saturated rings. The van der Waals surface area contributed by atoms with Crippen molar-refractivity contribution in [1.82, 2.24) is 62.8 Å². The van der Waals surface area contributed by atoms with Gasteiger partial charge in [0.1, 0.15) is 18.2 Å². The first-order valence-corrected chi connectivity index (χ1v) is 42.1. The minimum Gasteiger partial charge on any atom is -0.382 e. The van der Waals surface area contributed by atoms with Gasteiger partial charge in [0.2, 0.25) is 0 Å². The van der Waals surface area contributed by atoms with E-state index in [2.05, 4.69) is 75.3 Å². The van der Waals surface area contributed by atoms with E-state index in [4.69, 9.17) is 36.0 Å². The van der Waals surface area contributed by atoms with Gasteiger partial charge in [-0.1, -0.05) is 62.2 Å². The van der Waals surface area contributed by atoms with Crippen LogP contribution in [0.3, 0.4) is 0 Å². The largest absolute Gasteiger partial charge is 0.382 e. The molecule has 3 aromatic carbocycles. The molecule has 24 heteroatoms. The van der Waals surface area contributed by atoms with Gasteiger partial charge in [-0.3, -0.25) is 63.5 Å². The van der Waals surface area contributed by atoms with Crippen molar-refractivity contribution in [2.24, 2.45) is 0 Å². The fourth-order valence-corrected chi connectivity index (χ4v) is 17.2. The van der Waals surface area contributed by atoms with Crippen LogP contribution in [0.15, 0.2) is 146 Å². The maximum Gasteiger partial charge on any atom is 0.269 e. The summed E-state index contributed by atoms with van der Waals surface area (Å²) in [5.74, 6) is 0.913. The molecule has 0 N–H and O–H groups in total. The monoisotopic (exact) mass is 1620 g/mol. The molecule has 121 heavy (non-hydrogen) atoms. The number of nitrogens with zero attached hydrogens (tertiary/aromatic N) is 17. The van der Waals surface area contributed by atoms with Gasteiger partial charge in [0.15, 0.2) is 40.2 Å². The number of methoxy groups -OCH3 is 1. The lowest BCUT2D eigenvalue weighted by molar-refractivity contribution is -0.119. The summed E-state index contributed by atoms with van der Waals surface area (Å²) in [6.07, 6.45) is 22.0. The van der Waals surface area contributed by atoms with Crippen molar-refractivity contribution in [1.29, 1.82) is 0 Å². The van der Waals surface area contributed by atoms with Crippen molar-refractivity contribution in [2.45, 2.75) is 157 Å². The summed E-state index contributed by atoms with van der Waals surface area (Å²) in [7, 11) is 1.66. The van der Waals surface area contributed by atoms with E-state index in [1.54, 1.807) is 62.2 Å². The highest BCUT2D eigenvalue weighted by molar-refractivity contribution is 6.12. The summed E-state index contributed by atoms with van der Waals surface area (Å²) in [6, 6.07) is 35.8. The van der Waals surface area contributed by atoms with Gasteiger partial charge in [-0.25, -0.2) is 18.9 Å².